The van der Waals surface area contributed by atoms with Crippen LogP contribution < -0.4 is 11.1 Å². The maximum atomic E-state index is 13.1. The average molecular weight is 495 g/mol. The van der Waals surface area contributed by atoms with Crippen LogP contribution in [0.25, 0.3) is 10.8 Å². The summed E-state index contributed by atoms with van der Waals surface area (Å²) in [4.78, 5) is 21.2. The summed E-state index contributed by atoms with van der Waals surface area (Å²) in [7, 11) is 0. The van der Waals surface area contributed by atoms with Crippen LogP contribution in [0.15, 0.2) is 102 Å². The molecule has 0 spiro atoms. The van der Waals surface area contributed by atoms with Crippen molar-refractivity contribution >= 4 is 45.4 Å². The second-order valence-electron chi connectivity index (χ2n) is 7.48. The molecule has 0 aliphatic carbocycles. The van der Waals surface area contributed by atoms with Crippen molar-refractivity contribution < 1.29 is 18.0 Å². The Morgan fingerprint density at radius 1 is 0.971 bits per heavy atom. The molecule has 9 heteroatoms. The Hall–Kier alpha value is -4.17. The SMILES string of the molecule is N/C(=C\C(=Nc1ccccc1Cl)c1ccc(C(=O)Nc2cccc3cnccc23)cc1)C(F)(F)F. The summed E-state index contributed by atoms with van der Waals surface area (Å²) in [5, 5.41) is 4.82. The van der Waals surface area contributed by atoms with Gasteiger partial charge in [0.05, 0.1) is 16.4 Å². The lowest BCUT2D eigenvalue weighted by Gasteiger charge is -2.11. The number of nitrogens with two attached hydrogens (primary N) is 1. The summed E-state index contributed by atoms with van der Waals surface area (Å²) >= 11 is 6.13. The fourth-order valence-corrected chi connectivity index (χ4v) is 3.48. The zero-order valence-electron chi connectivity index (χ0n) is 18.1. The van der Waals surface area contributed by atoms with Crippen molar-refractivity contribution in [2.45, 2.75) is 6.18 Å². The zero-order valence-corrected chi connectivity index (χ0v) is 18.8. The Balaban J connectivity index is 1.65. The van der Waals surface area contributed by atoms with Gasteiger partial charge in [-0.25, -0.2) is 4.99 Å². The smallest absolute Gasteiger partial charge is 0.395 e. The molecule has 176 valence electrons. The molecule has 4 aromatic rings. The molecule has 3 N–H and O–H groups in total. The quantitative estimate of drug-likeness (QED) is 0.304. The van der Waals surface area contributed by atoms with Crippen molar-refractivity contribution in [2.75, 3.05) is 5.32 Å². The van der Waals surface area contributed by atoms with Crippen molar-refractivity contribution in [3.05, 3.63) is 113 Å². The van der Waals surface area contributed by atoms with E-state index in [4.69, 9.17) is 17.3 Å². The van der Waals surface area contributed by atoms with Gasteiger partial charge in [-0.05, 0) is 42.5 Å². The number of benzene rings is 3. The number of para-hydroxylation sites is 1. The number of pyridine rings is 1. The van der Waals surface area contributed by atoms with Gasteiger partial charge in [0.2, 0.25) is 0 Å². The van der Waals surface area contributed by atoms with E-state index >= 15 is 0 Å². The first-order chi connectivity index (χ1) is 16.7. The Labute approximate surface area is 203 Å². The number of carbonyl (C=O) groups is 1. The van der Waals surface area contributed by atoms with E-state index in [2.05, 4.69) is 15.3 Å². The van der Waals surface area contributed by atoms with Crippen LogP contribution in [0.2, 0.25) is 5.02 Å². The highest BCUT2D eigenvalue weighted by atomic mass is 35.5. The van der Waals surface area contributed by atoms with E-state index in [0.717, 1.165) is 16.8 Å². The Bertz CT molecular complexity index is 1440. The van der Waals surface area contributed by atoms with E-state index in [-0.39, 0.29) is 22.3 Å². The van der Waals surface area contributed by atoms with Crippen LogP contribution in [0.3, 0.4) is 0 Å². The molecule has 0 aliphatic heterocycles. The van der Waals surface area contributed by atoms with E-state index < -0.39 is 11.9 Å². The van der Waals surface area contributed by atoms with E-state index in [9.17, 15) is 18.0 Å². The van der Waals surface area contributed by atoms with Crippen LogP contribution in [0.1, 0.15) is 15.9 Å². The highest BCUT2D eigenvalue weighted by Gasteiger charge is 2.31. The largest absolute Gasteiger partial charge is 0.430 e. The van der Waals surface area contributed by atoms with Crippen LogP contribution >= 0.6 is 11.6 Å². The van der Waals surface area contributed by atoms with Gasteiger partial charge in [0.15, 0.2) is 0 Å². The maximum absolute atomic E-state index is 13.1. The van der Waals surface area contributed by atoms with Gasteiger partial charge in [-0.3, -0.25) is 9.78 Å². The lowest BCUT2D eigenvalue weighted by Crippen LogP contribution is -2.21. The van der Waals surface area contributed by atoms with E-state index in [0.29, 0.717) is 16.8 Å². The number of allylic oxidation sites excluding steroid dienone is 2. The summed E-state index contributed by atoms with van der Waals surface area (Å²) in [6, 6.07) is 19.7. The molecule has 3 aromatic carbocycles. The fourth-order valence-electron chi connectivity index (χ4n) is 3.30. The molecule has 0 fully saturated rings. The van der Waals surface area contributed by atoms with Gasteiger partial charge in [-0.2, -0.15) is 13.2 Å². The number of amides is 1. The molecule has 0 radical (unpaired) electrons. The minimum Gasteiger partial charge on any atom is -0.395 e. The molecule has 1 heterocycles. The zero-order chi connectivity index (χ0) is 25.0. The number of nitrogens with zero attached hydrogens (tertiary/aromatic N) is 2. The molecule has 5 nitrogen and oxygen atoms in total. The number of hydrogen-bond donors (Lipinski definition) is 2. The van der Waals surface area contributed by atoms with Gasteiger partial charge in [0, 0.05) is 40.0 Å². The van der Waals surface area contributed by atoms with Crippen LogP contribution in [0.5, 0.6) is 0 Å². The molecule has 0 saturated carbocycles. The molecule has 0 aliphatic rings. The van der Waals surface area contributed by atoms with Crippen molar-refractivity contribution in [2.24, 2.45) is 10.7 Å². The van der Waals surface area contributed by atoms with Crippen molar-refractivity contribution in [3.63, 3.8) is 0 Å². The van der Waals surface area contributed by atoms with Crippen LogP contribution in [0, 0.1) is 0 Å². The number of fused-ring (bicyclic) bond motifs is 1. The summed E-state index contributed by atoms with van der Waals surface area (Å²) in [5.41, 5.74) is 5.41. The highest BCUT2D eigenvalue weighted by molar-refractivity contribution is 6.33. The standard InChI is InChI=1S/C26H18ClF3N4O/c27-20-5-1-2-6-22(20)33-23(14-24(31)26(28,29)30)16-8-10-17(11-9-16)25(35)34-21-7-3-4-18-15-32-13-12-19(18)21/h1-15H,31H2,(H,34,35)/b24-14-,33-23?. The van der Waals surface area contributed by atoms with Crippen LogP contribution in [0.4, 0.5) is 24.5 Å². The first kappa shape index (κ1) is 24.0. The maximum Gasteiger partial charge on any atom is 0.430 e. The van der Waals surface area contributed by atoms with Gasteiger partial charge in [-0.1, -0.05) is 48.0 Å². The van der Waals surface area contributed by atoms with Crippen molar-refractivity contribution in [1.29, 1.82) is 0 Å². The lowest BCUT2D eigenvalue weighted by molar-refractivity contribution is -0.0925. The summed E-state index contributed by atoms with van der Waals surface area (Å²) in [6.45, 7) is 0. The Kier molecular flexibility index (Phi) is 6.84. The second-order valence-corrected chi connectivity index (χ2v) is 7.89. The third kappa shape index (κ3) is 5.67. The number of aromatic nitrogens is 1. The molecule has 0 bridgehead atoms. The summed E-state index contributed by atoms with van der Waals surface area (Å²) in [6.07, 6.45) is -0.662. The third-order valence-corrected chi connectivity index (χ3v) is 5.40. The minimum atomic E-state index is -4.73. The van der Waals surface area contributed by atoms with Crippen LogP contribution in [-0.2, 0) is 0 Å². The fraction of sp³-hybridized carbons (Fsp3) is 0.0385. The molecule has 0 atom stereocenters. The highest BCUT2D eigenvalue weighted by Crippen LogP contribution is 2.27. The van der Waals surface area contributed by atoms with Gasteiger partial charge in [0.25, 0.3) is 5.91 Å². The van der Waals surface area contributed by atoms with Crippen molar-refractivity contribution in [3.8, 4) is 0 Å². The number of alkyl halides is 3. The molecule has 1 amide bonds. The Morgan fingerprint density at radius 2 is 1.69 bits per heavy atom. The van der Waals surface area contributed by atoms with E-state index in [1.165, 1.54) is 24.3 Å². The molecule has 0 unspecified atom stereocenters. The molecule has 4 rings (SSSR count). The number of carbonyl (C=O) groups excluding carboxylic acids is 1. The average Bonchev–Trinajstić information content (AvgIpc) is 2.84. The van der Waals surface area contributed by atoms with E-state index in [1.54, 1.807) is 54.9 Å². The number of hydrogen-bond acceptors (Lipinski definition) is 4. The lowest BCUT2D eigenvalue weighted by atomic mass is 10.1. The molecular weight excluding hydrogens is 477 g/mol. The van der Waals surface area contributed by atoms with Gasteiger partial charge in [0.1, 0.15) is 5.70 Å². The number of halogens is 4. The number of rotatable bonds is 5. The minimum absolute atomic E-state index is 0.0542. The first-order valence-electron chi connectivity index (χ1n) is 10.3. The van der Waals surface area contributed by atoms with Crippen molar-refractivity contribution in [1.82, 2.24) is 4.98 Å². The number of nitrogens with one attached hydrogen (secondary N) is 1. The summed E-state index contributed by atoms with van der Waals surface area (Å²) < 4.78 is 39.3. The Morgan fingerprint density at radius 3 is 2.40 bits per heavy atom. The third-order valence-electron chi connectivity index (χ3n) is 5.08. The summed E-state index contributed by atoms with van der Waals surface area (Å²) in [5.74, 6) is -0.379. The van der Waals surface area contributed by atoms with Gasteiger partial charge in [-0.15, -0.1) is 0 Å². The first-order valence-corrected chi connectivity index (χ1v) is 10.7. The molecular formula is C26H18ClF3N4O. The second kappa shape index (κ2) is 9.99. The molecule has 1 aromatic heterocycles. The monoisotopic (exact) mass is 494 g/mol. The van der Waals surface area contributed by atoms with Gasteiger partial charge < -0.3 is 11.1 Å². The normalized spacial score (nSPS) is 12.6. The number of aliphatic imine (C=N–C) groups is 1. The number of anilines is 1. The topological polar surface area (TPSA) is 80.4 Å². The predicted octanol–water partition coefficient (Wildman–Crippen LogP) is 6.67. The van der Waals surface area contributed by atoms with E-state index in [1.807, 2.05) is 6.07 Å². The van der Waals surface area contributed by atoms with Crippen LogP contribution in [-0.4, -0.2) is 22.8 Å². The molecule has 0 saturated heterocycles. The van der Waals surface area contributed by atoms with Gasteiger partial charge >= 0.3 is 6.18 Å². The predicted molar refractivity (Wildman–Crippen MR) is 132 cm³/mol. The molecule has 35 heavy (non-hydrogen) atoms.